The number of nitrogens with one attached hydrogen (secondary N) is 2. The van der Waals surface area contributed by atoms with Crippen LogP contribution in [-0.2, 0) is 16.0 Å². The van der Waals surface area contributed by atoms with Crippen molar-refractivity contribution >= 4 is 23.3 Å². The highest BCUT2D eigenvalue weighted by molar-refractivity contribution is 5.99. The zero-order chi connectivity index (χ0) is 28.1. The molecule has 0 saturated carbocycles. The molecule has 9 nitrogen and oxygen atoms in total. The third-order valence-corrected chi connectivity index (χ3v) is 8.05. The van der Waals surface area contributed by atoms with Crippen molar-refractivity contribution in [2.24, 2.45) is 0 Å². The van der Waals surface area contributed by atoms with E-state index in [0.717, 1.165) is 62.5 Å². The lowest BCUT2D eigenvalue weighted by molar-refractivity contribution is -0.128. The average Bonchev–Trinajstić information content (AvgIpc) is 2.98. The van der Waals surface area contributed by atoms with Crippen molar-refractivity contribution in [1.29, 1.82) is 0 Å². The van der Waals surface area contributed by atoms with Gasteiger partial charge in [0.25, 0.3) is 0 Å². The number of amides is 3. The van der Waals surface area contributed by atoms with E-state index < -0.39 is 0 Å². The van der Waals surface area contributed by atoms with Crippen molar-refractivity contribution < 1.29 is 19.1 Å². The number of piperazine rings is 1. The molecule has 9 heteroatoms. The molecule has 1 unspecified atom stereocenters. The Morgan fingerprint density at radius 3 is 2.12 bits per heavy atom. The molecule has 0 aromatic heterocycles. The molecule has 5 rings (SSSR count). The number of carbonyl (C=O) groups is 2. The number of allylic oxidation sites excluding steroid dienone is 1. The Balaban J connectivity index is 1.21. The number of fused-ring (bicyclic) bond motifs is 1. The second-order valence-electron chi connectivity index (χ2n) is 10.6. The fraction of sp³-hybridized carbons (Fsp3) is 0.419. The number of rotatable bonds is 7. The molecule has 1 saturated heterocycles. The van der Waals surface area contributed by atoms with Gasteiger partial charge in [0.15, 0.2) is 0 Å². The van der Waals surface area contributed by atoms with Crippen LogP contribution in [0, 0.1) is 0 Å². The number of urea groups is 1. The third kappa shape index (κ3) is 6.48. The smallest absolute Gasteiger partial charge is 0.323 e. The maximum absolute atomic E-state index is 13.4. The number of ether oxygens (including phenoxy) is 2. The van der Waals surface area contributed by atoms with Crippen LogP contribution in [0.25, 0.3) is 0 Å². The van der Waals surface area contributed by atoms with Gasteiger partial charge >= 0.3 is 6.03 Å². The molecule has 0 bridgehead atoms. The lowest BCUT2D eigenvalue weighted by Gasteiger charge is -2.43. The first-order valence-corrected chi connectivity index (χ1v) is 13.9. The Morgan fingerprint density at radius 1 is 0.850 bits per heavy atom. The summed E-state index contributed by atoms with van der Waals surface area (Å²) in [5.74, 6) is 1.87. The first-order valence-electron chi connectivity index (χ1n) is 13.9. The molecule has 2 aromatic rings. The van der Waals surface area contributed by atoms with Crippen LogP contribution in [-0.4, -0.2) is 86.7 Å². The second-order valence-corrected chi connectivity index (χ2v) is 10.6. The van der Waals surface area contributed by atoms with Gasteiger partial charge in [-0.05, 0) is 73.0 Å². The molecule has 3 aliphatic rings. The molecule has 2 aromatic carbocycles. The fourth-order valence-corrected chi connectivity index (χ4v) is 5.73. The monoisotopic (exact) mass is 545 g/mol. The van der Waals surface area contributed by atoms with Gasteiger partial charge in [-0.15, -0.1) is 0 Å². The highest BCUT2D eigenvalue weighted by Crippen LogP contribution is 2.38. The van der Waals surface area contributed by atoms with E-state index in [1.165, 1.54) is 11.1 Å². The van der Waals surface area contributed by atoms with Crippen molar-refractivity contribution in [2.75, 3.05) is 64.6 Å². The molecule has 2 N–H and O–H groups in total. The van der Waals surface area contributed by atoms with Gasteiger partial charge < -0.3 is 29.9 Å². The van der Waals surface area contributed by atoms with Crippen LogP contribution in [0.4, 0.5) is 16.2 Å². The summed E-state index contributed by atoms with van der Waals surface area (Å²) in [4.78, 5) is 32.6. The van der Waals surface area contributed by atoms with Gasteiger partial charge in [-0.25, -0.2) is 4.79 Å². The predicted octanol–water partition coefficient (Wildman–Crippen LogP) is 4.31. The van der Waals surface area contributed by atoms with Gasteiger partial charge in [0.1, 0.15) is 5.75 Å². The van der Waals surface area contributed by atoms with E-state index in [4.69, 9.17) is 9.47 Å². The fourth-order valence-electron chi connectivity index (χ4n) is 5.73. The van der Waals surface area contributed by atoms with E-state index in [0.29, 0.717) is 30.4 Å². The number of carbonyl (C=O) groups excluding carboxylic acids is 2. The topological polar surface area (TPSA) is 86.4 Å². The Kier molecular flexibility index (Phi) is 8.72. The first-order chi connectivity index (χ1) is 19.4. The number of anilines is 2. The van der Waals surface area contributed by atoms with Gasteiger partial charge in [0.2, 0.25) is 5.91 Å². The maximum atomic E-state index is 13.4. The van der Waals surface area contributed by atoms with Crippen LogP contribution in [0.2, 0.25) is 0 Å². The number of likely N-dealkylation sites (N-methyl/N-ethyl adjacent to an activating group) is 1. The van der Waals surface area contributed by atoms with E-state index in [1.807, 2.05) is 29.2 Å². The van der Waals surface area contributed by atoms with Crippen molar-refractivity contribution in [1.82, 2.24) is 14.7 Å². The van der Waals surface area contributed by atoms with Gasteiger partial charge in [0, 0.05) is 62.8 Å². The Labute approximate surface area is 236 Å². The summed E-state index contributed by atoms with van der Waals surface area (Å²) in [6.07, 6.45) is 5.17. The van der Waals surface area contributed by atoms with Crippen molar-refractivity contribution in [3.8, 4) is 5.75 Å². The first kappa shape index (κ1) is 27.7. The molecule has 40 heavy (non-hydrogen) atoms. The van der Waals surface area contributed by atoms with E-state index in [2.05, 4.69) is 33.7 Å². The Bertz CT molecular complexity index is 1260. The predicted molar refractivity (Wildman–Crippen MR) is 156 cm³/mol. The van der Waals surface area contributed by atoms with Crippen LogP contribution in [0.15, 0.2) is 71.6 Å². The molecule has 0 spiro atoms. The highest BCUT2D eigenvalue weighted by Gasteiger charge is 2.35. The number of nitrogens with zero attached hydrogens (tertiary/aromatic N) is 3. The van der Waals surface area contributed by atoms with Gasteiger partial charge in [-0.2, -0.15) is 0 Å². The third-order valence-electron chi connectivity index (χ3n) is 8.05. The normalized spacial score (nSPS) is 19.9. The summed E-state index contributed by atoms with van der Waals surface area (Å²) in [6, 6.07) is 14.5. The number of benzene rings is 2. The summed E-state index contributed by atoms with van der Waals surface area (Å²) in [5.41, 5.74) is 4.75. The lowest BCUT2D eigenvalue weighted by Crippen LogP contribution is -2.51. The van der Waals surface area contributed by atoms with E-state index >= 15 is 0 Å². The second kappa shape index (κ2) is 12.6. The molecule has 3 amide bonds. The minimum absolute atomic E-state index is 0.0752. The molecular weight excluding hydrogens is 506 g/mol. The van der Waals surface area contributed by atoms with Gasteiger partial charge in [-0.1, -0.05) is 12.1 Å². The summed E-state index contributed by atoms with van der Waals surface area (Å²) in [7, 11) is 5.53. The molecule has 212 valence electrons. The van der Waals surface area contributed by atoms with Crippen LogP contribution in [0.5, 0.6) is 5.75 Å². The summed E-state index contributed by atoms with van der Waals surface area (Å²) in [5, 5.41) is 5.63. The zero-order valence-corrected chi connectivity index (χ0v) is 23.6. The number of methoxy groups -OCH3 is 2. The summed E-state index contributed by atoms with van der Waals surface area (Å²) in [6.45, 7) is 4.87. The molecule has 1 atom stereocenters. The van der Waals surface area contributed by atoms with Gasteiger partial charge in [0.05, 0.1) is 26.4 Å². The van der Waals surface area contributed by atoms with Crippen molar-refractivity contribution in [2.45, 2.75) is 31.7 Å². The Hall–Kier alpha value is -3.82. The molecular formula is C31H39N5O4. The largest absolute Gasteiger partial charge is 0.501 e. The molecule has 2 aliphatic heterocycles. The van der Waals surface area contributed by atoms with E-state index in [-0.39, 0.29) is 11.9 Å². The van der Waals surface area contributed by atoms with Crippen LogP contribution in [0.1, 0.15) is 24.8 Å². The minimum Gasteiger partial charge on any atom is -0.501 e. The summed E-state index contributed by atoms with van der Waals surface area (Å²) < 4.78 is 10.9. The van der Waals surface area contributed by atoms with Crippen molar-refractivity contribution in [3.63, 3.8) is 0 Å². The van der Waals surface area contributed by atoms with Crippen LogP contribution >= 0.6 is 0 Å². The molecule has 2 heterocycles. The van der Waals surface area contributed by atoms with Crippen molar-refractivity contribution in [3.05, 3.63) is 77.2 Å². The molecule has 0 radical (unpaired) electrons. The molecule has 1 fully saturated rings. The van der Waals surface area contributed by atoms with E-state index in [9.17, 15) is 9.59 Å². The molecule has 1 aliphatic carbocycles. The zero-order valence-electron chi connectivity index (χ0n) is 23.6. The summed E-state index contributed by atoms with van der Waals surface area (Å²) >= 11 is 0. The van der Waals surface area contributed by atoms with Gasteiger partial charge in [-0.3, -0.25) is 9.69 Å². The quantitative estimate of drug-likeness (QED) is 0.540. The number of hydrogen-bond acceptors (Lipinski definition) is 6. The Morgan fingerprint density at radius 2 is 1.50 bits per heavy atom. The maximum Gasteiger partial charge on any atom is 0.323 e. The average molecular weight is 546 g/mol. The standard InChI is InChI=1S/C31H39N5O4/c1-34-16-18-35(19-17-34)28-12-13-29(40-3)26-14-15-36(21-27(26)28)30(37)20-22-4-6-23(7-5-22)32-31(38)33-24-8-10-25(39-2)11-9-24/h4-11,21,28H,12-20H2,1-3H3,(H2,32,33,38). The highest BCUT2D eigenvalue weighted by atomic mass is 16.5. The minimum atomic E-state index is -0.337. The number of hydrogen-bond donors (Lipinski definition) is 2. The van der Waals surface area contributed by atoms with E-state index in [1.54, 1.807) is 38.5 Å². The SMILES string of the molecule is COC1=C2CCN(C(=O)Cc3ccc(NC(=O)Nc4ccc(OC)cc4)cc3)C=C2C(N2CCN(C)CC2)CC1. The van der Waals surface area contributed by atoms with Crippen LogP contribution in [0.3, 0.4) is 0 Å². The lowest BCUT2D eigenvalue weighted by atomic mass is 9.83. The van der Waals surface area contributed by atoms with Crippen LogP contribution < -0.4 is 15.4 Å².